The number of nitrogens with two attached hydrogens (primary N) is 1. The normalized spacial score (nSPS) is 15.9. The van der Waals surface area contributed by atoms with Gasteiger partial charge in [-0.1, -0.05) is 28.4 Å². The van der Waals surface area contributed by atoms with Crippen LogP contribution in [0.3, 0.4) is 0 Å². The van der Waals surface area contributed by atoms with Crippen molar-refractivity contribution in [1.82, 2.24) is 29.8 Å². The predicted molar refractivity (Wildman–Crippen MR) is 149 cm³/mol. The van der Waals surface area contributed by atoms with Gasteiger partial charge in [-0.25, -0.2) is 9.67 Å². The van der Waals surface area contributed by atoms with Crippen LogP contribution in [0.4, 0.5) is 21.5 Å². The number of nitrogens with zero attached hydrogens (tertiary/aromatic N) is 7. The minimum Gasteiger partial charge on any atom is -0.394 e. The van der Waals surface area contributed by atoms with E-state index in [1.165, 1.54) is 10.9 Å². The van der Waals surface area contributed by atoms with Gasteiger partial charge < -0.3 is 25.8 Å². The van der Waals surface area contributed by atoms with Gasteiger partial charge >= 0.3 is 0 Å². The van der Waals surface area contributed by atoms with E-state index in [1.54, 1.807) is 17.0 Å². The van der Waals surface area contributed by atoms with Gasteiger partial charge in [0.2, 0.25) is 5.95 Å². The van der Waals surface area contributed by atoms with E-state index in [-0.39, 0.29) is 28.2 Å². The Hall–Kier alpha value is -3.48. The Balaban J connectivity index is 1.75. The summed E-state index contributed by atoms with van der Waals surface area (Å²) in [5.41, 5.74) is 6.79. The second-order valence-corrected chi connectivity index (χ2v) is 10.1. The molecule has 3 aromatic rings. The highest BCUT2D eigenvalue weighted by molar-refractivity contribution is 6.37. The van der Waals surface area contributed by atoms with Crippen molar-refractivity contribution < 1.29 is 14.0 Å². The summed E-state index contributed by atoms with van der Waals surface area (Å²) in [7, 11) is 2.05. The Morgan fingerprint density at radius 1 is 1.21 bits per heavy atom. The zero-order valence-electron chi connectivity index (χ0n) is 22.1. The average Bonchev–Trinajstić information content (AvgIpc) is 3.40. The Bertz CT molecular complexity index is 1400. The molecule has 3 N–H and O–H groups in total. The summed E-state index contributed by atoms with van der Waals surface area (Å²) < 4.78 is 15.1. The number of benzene rings is 1. The van der Waals surface area contributed by atoms with E-state index >= 15 is 0 Å². The number of likely N-dealkylation sites (N-methyl/N-ethyl adjacent to an activating group) is 1. The van der Waals surface area contributed by atoms with Crippen LogP contribution in [0.2, 0.25) is 10.0 Å². The molecule has 1 fully saturated rings. The average molecular weight is 578 g/mol. The summed E-state index contributed by atoms with van der Waals surface area (Å²) in [6.07, 6.45) is 2.52. The second-order valence-electron chi connectivity index (χ2n) is 9.27. The molecular formula is C25H30Cl2FN9O2. The smallest absolute Gasteiger partial charge is 0.276 e. The number of halogens is 3. The Labute approximate surface area is 235 Å². The third kappa shape index (κ3) is 5.77. The summed E-state index contributed by atoms with van der Waals surface area (Å²) in [6, 6.07) is 3.63. The molecule has 0 aliphatic carbocycles. The number of anilines is 3. The Morgan fingerprint density at radius 3 is 2.59 bits per heavy atom. The fourth-order valence-electron chi connectivity index (χ4n) is 4.34. The number of pyridine rings is 1. The van der Waals surface area contributed by atoms with Crippen molar-refractivity contribution in [2.24, 2.45) is 0 Å². The first-order valence-electron chi connectivity index (χ1n) is 12.5. The molecule has 0 bridgehead atoms. The lowest BCUT2D eigenvalue weighted by Gasteiger charge is -2.39. The van der Waals surface area contributed by atoms with E-state index in [2.05, 4.69) is 44.4 Å². The molecule has 1 aliphatic rings. The zero-order valence-corrected chi connectivity index (χ0v) is 23.6. The van der Waals surface area contributed by atoms with Crippen molar-refractivity contribution >= 4 is 52.1 Å². The van der Waals surface area contributed by atoms with Crippen molar-refractivity contribution in [1.29, 1.82) is 0 Å². The highest BCUT2D eigenvalue weighted by Crippen LogP contribution is 2.36. The fourth-order valence-corrected chi connectivity index (χ4v) is 4.80. The summed E-state index contributed by atoms with van der Waals surface area (Å²) in [6.45, 7) is 9.11. The number of amides is 2. The number of hydrogen-bond acceptors (Lipinski definition) is 8. The second kappa shape index (κ2) is 11.7. The van der Waals surface area contributed by atoms with Crippen LogP contribution in [0.1, 0.15) is 41.6 Å². The fraction of sp³-hybridized carbons (Fsp3) is 0.400. The van der Waals surface area contributed by atoms with Crippen LogP contribution < -0.4 is 16.0 Å². The van der Waals surface area contributed by atoms with Crippen molar-refractivity contribution in [3.05, 3.63) is 51.8 Å². The quantitative estimate of drug-likeness (QED) is 0.408. The molecule has 0 unspecified atom stereocenters. The van der Waals surface area contributed by atoms with Crippen LogP contribution in [-0.2, 0) is 0 Å². The van der Waals surface area contributed by atoms with Crippen LogP contribution in [0, 0.1) is 5.95 Å². The van der Waals surface area contributed by atoms with Gasteiger partial charge in [0.25, 0.3) is 11.8 Å². The largest absolute Gasteiger partial charge is 0.394 e. The minimum atomic E-state index is -0.960. The summed E-state index contributed by atoms with van der Waals surface area (Å²) in [5.74, 6) is -1.85. The zero-order chi connectivity index (χ0) is 28.4. The number of hydrogen-bond donors (Lipinski definition) is 2. The third-order valence-electron chi connectivity index (χ3n) is 6.87. The first-order valence-corrected chi connectivity index (χ1v) is 13.2. The van der Waals surface area contributed by atoms with Crippen LogP contribution >= 0.6 is 23.2 Å². The van der Waals surface area contributed by atoms with E-state index in [0.717, 1.165) is 12.7 Å². The Morgan fingerprint density at radius 2 is 1.92 bits per heavy atom. The maximum absolute atomic E-state index is 13.7. The summed E-state index contributed by atoms with van der Waals surface area (Å²) in [4.78, 5) is 35.5. The molecule has 1 saturated heterocycles. The molecule has 14 heteroatoms. The maximum Gasteiger partial charge on any atom is 0.276 e. The molecule has 4 rings (SSSR count). The number of piperazine rings is 1. The first-order chi connectivity index (χ1) is 18.5. The van der Waals surface area contributed by atoms with Gasteiger partial charge in [0.15, 0.2) is 5.69 Å². The lowest BCUT2D eigenvalue weighted by molar-refractivity contribution is 0.0767. The van der Waals surface area contributed by atoms with E-state index in [4.69, 9.17) is 28.9 Å². The van der Waals surface area contributed by atoms with E-state index in [1.807, 2.05) is 13.8 Å². The third-order valence-corrected chi connectivity index (χ3v) is 7.58. The molecule has 2 aromatic heterocycles. The van der Waals surface area contributed by atoms with Crippen LogP contribution in [-0.4, -0.2) is 87.4 Å². The minimum absolute atomic E-state index is 0.0855. The topological polar surface area (TPSA) is 126 Å². The molecule has 0 radical (unpaired) electrons. The Kier molecular flexibility index (Phi) is 8.57. The number of rotatable bonds is 7. The van der Waals surface area contributed by atoms with Crippen LogP contribution in [0.25, 0.3) is 5.69 Å². The van der Waals surface area contributed by atoms with Gasteiger partial charge in [-0.05, 0) is 40.0 Å². The molecular weight excluding hydrogens is 548 g/mol. The van der Waals surface area contributed by atoms with Crippen molar-refractivity contribution in [2.75, 3.05) is 55.7 Å². The van der Waals surface area contributed by atoms with Gasteiger partial charge in [0, 0.05) is 45.0 Å². The highest BCUT2D eigenvalue weighted by atomic mass is 35.5. The molecule has 1 aromatic carbocycles. The molecule has 1 atom stereocenters. The number of nitrogen functional groups attached to an aromatic ring is 1. The highest BCUT2D eigenvalue weighted by Gasteiger charge is 2.26. The summed E-state index contributed by atoms with van der Waals surface area (Å²) in [5, 5.41) is 11.1. The number of carbonyl (C=O) groups excluding carboxylic acids is 2. The SMILES string of the molecule is CCN(CC)C(=O)c1cn(-c2cc(NC(=O)c3cnc(F)c(N)c3Cl)c(N3CCN(C)[C@H](C)C3)cc2Cl)nn1. The van der Waals surface area contributed by atoms with Crippen LogP contribution in [0.5, 0.6) is 0 Å². The number of aromatic nitrogens is 4. The van der Waals surface area contributed by atoms with Gasteiger partial charge in [-0.3, -0.25) is 9.59 Å². The summed E-state index contributed by atoms with van der Waals surface area (Å²) >= 11 is 12.9. The van der Waals surface area contributed by atoms with Crippen molar-refractivity contribution in [3.8, 4) is 5.69 Å². The molecule has 3 heterocycles. The van der Waals surface area contributed by atoms with E-state index in [0.29, 0.717) is 48.3 Å². The van der Waals surface area contributed by atoms with E-state index < -0.39 is 17.5 Å². The molecule has 0 spiro atoms. The van der Waals surface area contributed by atoms with Gasteiger partial charge in [-0.2, -0.15) is 4.39 Å². The van der Waals surface area contributed by atoms with Crippen LogP contribution in [0.15, 0.2) is 24.5 Å². The number of carbonyl (C=O) groups is 2. The predicted octanol–water partition coefficient (Wildman–Crippen LogP) is 3.57. The first kappa shape index (κ1) is 28.5. The molecule has 0 saturated carbocycles. The van der Waals surface area contributed by atoms with Crippen molar-refractivity contribution in [3.63, 3.8) is 0 Å². The molecule has 11 nitrogen and oxygen atoms in total. The standard InChI is InChI=1S/C25H30Cl2FN9O2/c1-5-35(6-2)25(39)18-13-37(33-32-18)19-10-17(31-24(38)15-11-30-23(28)22(29)21(15)27)20(9-16(19)26)36-8-7-34(4)14(3)12-36/h9-11,13-14H,5-8,12,29H2,1-4H3,(H,31,38)/t14-/m1/s1. The van der Waals surface area contributed by atoms with Crippen molar-refractivity contribution in [2.45, 2.75) is 26.8 Å². The van der Waals surface area contributed by atoms with Gasteiger partial charge in [0.1, 0.15) is 5.69 Å². The monoisotopic (exact) mass is 577 g/mol. The van der Waals surface area contributed by atoms with Gasteiger partial charge in [0.05, 0.1) is 38.9 Å². The van der Waals surface area contributed by atoms with E-state index in [9.17, 15) is 14.0 Å². The number of nitrogens with one attached hydrogen (secondary N) is 1. The maximum atomic E-state index is 13.7. The lowest BCUT2D eigenvalue weighted by Crippen LogP contribution is -2.50. The molecule has 208 valence electrons. The molecule has 2 amide bonds. The lowest BCUT2D eigenvalue weighted by atomic mass is 10.1. The van der Waals surface area contributed by atoms with Gasteiger partial charge in [-0.15, -0.1) is 5.10 Å². The molecule has 1 aliphatic heterocycles. The molecule has 39 heavy (non-hydrogen) atoms.